The Balaban J connectivity index is 2.85. The molecule has 0 bridgehead atoms. The molecule has 1 aromatic carbocycles. The van der Waals surface area contributed by atoms with Gasteiger partial charge < -0.3 is 15.5 Å². The van der Waals surface area contributed by atoms with Crippen LogP contribution < -0.4 is 5.32 Å². The maximum Gasteiger partial charge on any atom is 0.251 e. The highest BCUT2D eigenvalue weighted by Gasteiger charge is 2.20. The van der Waals surface area contributed by atoms with E-state index in [1.807, 2.05) is 0 Å². The molecule has 0 saturated carbocycles. The summed E-state index contributed by atoms with van der Waals surface area (Å²) in [6.07, 6.45) is 0. The van der Waals surface area contributed by atoms with E-state index in [1.54, 1.807) is 32.9 Å². The largest absolute Gasteiger partial charge is 0.508 e. The number of aliphatic hydroxyl groups excluding tert-OH is 1. The molecule has 4 heteroatoms. The van der Waals surface area contributed by atoms with E-state index >= 15 is 0 Å². The minimum absolute atomic E-state index is 0.129. The van der Waals surface area contributed by atoms with E-state index in [2.05, 4.69) is 5.32 Å². The first kappa shape index (κ1) is 12.5. The average Bonchev–Trinajstić information content (AvgIpc) is 2.21. The van der Waals surface area contributed by atoms with Gasteiger partial charge in [0.15, 0.2) is 0 Å². The molecule has 88 valence electrons. The van der Waals surface area contributed by atoms with E-state index < -0.39 is 5.54 Å². The van der Waals surface area contributed by atoms with Gasteiger partial charge in [0.05, 0.1) is 12.1 Å². The summed E-state index contributed by atoms with van der Waals surface area (Å²) in [7, 11) is 0. The minimum atomic E-state index is -0.650. The van der Waals surface area contributed by atoms with E-state index in [0.29, 0.717) is 11.1 Å². The van der Waals surface area contributed by atoms with E-state index in [4.69, 9.17) is 5.11 Å². The first-order chi connectivity index (χ1) is 7.35. The molecule has 0 aromatic heterocycles. The van der Waals surface area contributed by atoms with Gasteiger partial charge in [0.2, 0.25) is 0 Å². The highest BCUT2D eigenvalue weighted by atomic mass is 16.3. The highest BCUT2D eigenvalue weighted by molar-refractivity contribution is 5.95. The van der Waals surface area contributed by atoms with Crippen molar-refractivity contribution in [3.63, 3.8) is 0 Å². The van der Waals surface area contributed by atoms with Crippen LogP contribution in [-0.2, 0) is 0 Å². The fraction of sp³-hybridized carbons (Fsp3) is 0.417. The molecule has 0 fully saturated rings. The van der Waals surface area contributed by atoms with Gasteiger partial charge in [0.1, 0.15) is 5.75 Å². The van der Waals surface area contributed by atoms with Crippen molar-refractivity contribution in [3.8, 4) is 5.75 Å². The Morgan fingerprint density at radius 3 is 2.56 bits per heavy atom. The second-order valence-electron chi connectivity index (χ2n) is 4.50. The zero-order chi connectivity index (χ0) is 12.3. The van der Waals surface area contributed by atoms with Gasteiger partial charge in [-0.3, -0.25) is 4.79 Å². The molecule has 0 saturated heterocycles. The van der Waals surface area contributed by atoms with E-state index in [1.165, 1.54) is 6.07 Å². The minimum Gasteiger partial charge on any atom is -0.508 e. The summed E-state index contributed by atoms with van der Waals surface area (Å²) < 4.78 is 0. The van der Waals surface area contributed by atoms with Crippen molar-refractivity contribution in [1.29, 1.82) is 0 Å². The number of aryl methyl sites for hydroxylation is 1. The number of carbonyl (C=O) groups is 1. The van der Waals surface area contributed by atoms with Crippen LogP contribution in [0.2, 0.25) is 0 Å². The first-order valence-electron chi connectivity index (χ1n) is 5.09. The van der Waals surface area contributed by atoms with E-state index in [0.717, 1.165) is 0 Å². The Labute approximate surface area is 94.9 Å². The van der Waals surface area contributed by atoms with E-state index in [-0.39, 0.29) is 18.3 Å². The van der Waals surface area contributed by atoms with Crippen molar-refractivity contribution in [3.05, 3.63) is 29.3 Å². The summed E-state index contributed by atoms with van der Waals surface area (Å²) in [6, 6.07) is 4.64. The number of benzene rings is 1. The average molecular weight is 223 g/mol. The van der Waals surface area contributed by atoms with Gasteiger partial charge in [0, 0.05) is 5.56 Å². The number of carbonyl (C=O) groups excluding carboxylic acids is 1. The number of nitrogens with one attached hydrogen (secondary N) is 1. The Morgan fingerprint density at radius 2 is 2.06 bits per heavy atom. The summed E-state index contributed by atoms with van der Waals surface area (Å²) in [5.74, 6) is -0.0971. The number of hydrogen-bond donors (Lipinski definition) is 3. The molecule has 0 spiro atoms. The molecule has 0 unspecified atom stereocenters. The number of hydrogen-bond acceptors (Lipinski definition) is 3. The van der Waals surface area contributed by atoms with Gasteiger partial charge in [-0.15, -0.1) is 0 Å². The fourth-order valence-electron chi connectivity index (χ4n) is 1.22. The lowest BCUT2D eigenvalue weighted by Gasteiger charge is -2.23. The molecule has 3 N–H and O–H groups in total. The summed E-state index contributed by atoms with van der Waals surface area (Å²) in [5, 5.41) is 21.1. The Morgan fingerprint density at radius 1 is 1.44 bits per heavy atom. The van der Waals surface area contributed by atoms with Gasteiger partial charge in [-0.1, -0.05) is 0 Å². The van der Waals surface area contributed by atoms with Gasteiger partial charge in [-0.2, -0.15) is 0 Å². The van der Waals surface area contributed by atoms with Gasteiger partial charge in [-0.05, 0) is 44.5 Å². The predicted octanol–water partition coefficient (Wildman–Crippen LogP) is 1.20. The van der Waals surface area contributed by atoms with Crippen LogP contribution >= 0.6 is 0 Å². The van der Waals surface area contributed by atoms with Crippen molar-refractivity contribution in [2.24, 2.45) is 0 Å². The molecule has 1 rings (SSSR count). The van der Waals surface area contributed by atoms with Gasteiger partial charge in [-0.25, -0.2) is 0 Å². The summed E-state index contributed by atoms with van der Waals surface area (Å²) in [4.78, 5) is 11.8. The third kappa shape index (κ3) is 2.97. The van der Waals surface area contributed by atoms with Crippen molar-refractivity contribution in [2.75, 3.05) is 6.61 Å². The molecule has 0 heterocycles. The Bertz CT molecular complexity index is 399. The van der Waals surface area contributed by atoms with Crippen LogP contribution in [0, 0.1) is 6.92 Å². The zero-order valence-electron chi connectivity index (χ0n) is 9.74. The maximum absolute atomic E-state index is 11.8. The molecule has 1 aromatic rings. The molecule has 16 heavy (non-hydrogen) atoms. The van der Waals surface area contributed by atoms with Crippen LogP contribution in [0.5, 0.6) is 5.75 Å². The number of rotatable bonds is 3. The molecule has 0 aliphatic heterocycles. The SMILES string of the molecule is Cc1cc(C(=O)NC(C)(C)CO)ccc1O. The third-order valence-corrected chi connectivity index (χ3v) is 2.31. The second kappa shape index (κ2) is 4.53. The van der Waals surface area contributed by atoms with Crippen LogP contribution in [0.25, 0.3) is 0 Å². The number of amides is 1. The number of phenolic OH excluding ortho intramolecular Hbond substituents is 1. The second-order valence-corrected chi connectivity index (χ2v) is 4.50. The lowest BCUT2D eigenvalue weighted by atomic mass is 10.1. The molecular weight excluding hydrogens is 206 g/mol. The van der Waals surface area contributed by atoms with Crippen LogP contribution in [-0.4, -0.2) is 28.3 Å². The predicted molar refractivity (Wildman–Crippen MR) is 61.5 cm³/mol. The molecule has 1 amide bonds. The quantitative estimate of drug-likeness (QED) is 0.721. The van der Waals surface area contributed by atoms with Crippen LogP contribution in [0.15, 0.2) is 18.2 Å². The normalized spacial score (nSPS) is 11.2. The topological polar surface area (TPSA) is 69.6 Å². The van der Waals surface area contributed by atoms with Gasteiger partial charge in [0.25, 0.3) is 5.91 Å². The van der Waals surface area contributed by atoms with Crippen molar-refractivity contribution in [2.45, 2.75) is 26.3 Å². The lowest BCUT2D eigenvalue weighted by Crippen LogP contribution is -2.46. The first-order valence-corrected chi connectivity index (χ1v) is 5.09. The Kier molecular flexibility index (Phi) is 3.55. The van der Waals surface area contributed by atoms with Crippen LogP contribution in [0.3, 0.4) is 0 Å². The van der Waals surface area contributed by atoms with Crippen molar-refractivity contribution < 1.29 is 15.0 Å². The summed E-state index contributed by atoms with van der Waals surface area (Å²) in [6.45, 7) is 5.06. The molecule has 0 aliphatic carbocycles. The lowest BCUT2D eigenvalue weighted by molar-refractivity contribution is 0.0869. The zero-order valence-corrected chi connectivity index (χ0v) is 9.74. The number of aromatic hydroxyl groups is 1. The standard InChI is InChI=1S/C12H17NO3/c1-8-6-9(4-5-10(8)15)11(16)13-12(2,3)7-14/h4-6,14-15H,7H2,1-3H3,(H,13,16). The third-order valence-electron chi connectivity index (χ3n) is 2.31. The molecule has 4 nitrogen and oxygen atoms in total. The smallest absolute Gasteiger partial charge is 0.251 e. The molecule has 0 atom stereocenters. The summed E-state index contributed by atoms with van der Waals surface area (Å²) >= 11 is 0. The maximum atomic E-state index is 11.8. The highest BCUT2D eigenvalue weighted by Crippen LogP contribution is 2.17. The fourth-order valence-corrected chi connectivity index (χ4v) is 1.22. The van der Waals surface area contributed by atoms with Gasteiger partial charge >= 0.3 is 0 Å². The monoisotopic (exact) mass is 223 g/mol. The van der Waals surface area contributed by atoms with Crippen molar-refractivity contribution >= 4 is 5.91 Å². The molecule has 0 aliphatic rings. The van der Waals surface area contributed by atoms with E-state index in [9.17, 15) is 9.90 Å². The van der Waals surface area contributed by atoms with Crippen LogP contribution in [0.1, 0.15) is 29.8 Å². The number of phenols is 1. The van der Waals surface area contributed by atoms with Crippen molar-refractivity contribution in [1.82, 2.24) is 5.32 Å². The molecular formula is C12H17NO3. The van der Waals surface area contributed by atoms with Crippen LogP contribution in [0.4, 0.5) is 0 Å². The molecule has 0 radical (unpaired) electrons. The Hall–Kier alpha value is -1.55. The summed E-state index contributed by atoms with van der Waals surface area (Å²) in [5.41, 5.74) is 0.467. The number of aliphatic hydroxyl groups is 1.